The first kappa shape index (κ1) is 22.6. The number of nitrogens with zero attached hydrogens (tertiary/aromatic N) is 1. The minimum absolute atomic E-state index is 0.0651. The molecule has 0 saturated carbocycles. The van der Waals surface area contributed by atoms with Crippen LogP contribution < -0.4 is 19.7 Å². The molecule has 32 heavy (non-hydrogen) atoms. The van der Waals surface area contributed by atoms with Crippen LogP contribution in [0.2, 0.25) is 0 Å². The molecule has 10 nitrogen and oxygen atoms in total. The predicted octanol–water partition coefficient (Wildman–Crippen LogP) is 3.55. The van der Waals surface area contributed by atoms with E-state index in [9.17, 15) is 14.0 Å². The number of hydrogen-bond acceptors (Lipinski definition) is 10. The molecule has 0 fully saturated rings. The van der Waals surface area contributed by atoms with Crippen LogP contribution >= 0.6 is 0 Å². The van der Waals surface area contributed by atoms with E-state index in [1.165, 1.54) is 32.5 Å². The highest BCUT2D eigenvalue weighted by molar-refractivity contribution is 5.88. The molecule has 3 aromatic rings. The van der Waals surface area contributed by atoms with Crippen LogP contribution in [-0.4, -0.2) is 37.7 Å². The van der Waals surface area contributed by atoms with E-state index < -0.39 is 24.4 Å². The van der Waals surface area contributed by atoms with Gasteiger partial charge in [-0.2, -0.15) is 0 Å². The van der Waals surface area contributed by atoms with Gasteiger partial charge in [0.1, 0.15) is 5.75 Å². The minimum atomic E-state index is -0.954. The van der Waals surface area contributed by atoms with Crippen molar-refractivity contribution in [3.8, 4) is 23.0 Å². The van der Waals surface area contributed by atoms with Gasteiger partial charge < -0.3 is 18.9 Å². The molecule has 0 bridgehead atoms. The summed E-state index contributed by atoms with van der Waals surface area (Å²) in [5, 5.41) is 0.592. The van der Waals surface area contributed by atoms with Crippen LogP contribution in [0.1, 0.15) is 6.92 Å². The number of carbonyl (C=O) groups excluding carboxylic acids is 2. The van der Waals surface area contributed by atoms with Crippen LogP contribution in [0.4, 0.5) is 10.1 Å². The first-order chi connectivity index (χ1) is 15.4. The summed E-state index contributed by atoms with van der Waals surface area (Å²) in [5.74, 6) is -1.05. The lowest BCUT2D eigenvalue weighted by Gasteiger charge is -2.13. The summed E-state index contributed by atoms with van der Waals surface area (Å²) in [6, 6.07) is 8.82. The van der Waals surface area contributed by atoms with Crippen molar-refractivity contribution in [1.29, 1.82) is 0 Å². The Morgan fingerprint density at radius 2 is 1.75 bits per heavy atom. The number of methoxy groups -OCH3 is 2. The van der Waals surface area contributed by atoms with Crippen LogP contribution in [0.25, 0.3) is 10.9 Å². The Balaban J connectivity index is 1.70. The molecule has 0 saturated heterocycles. The van der Waals surface area contributed by atoms with Crippen molar-refractivity contribution < 1.29 is 42.8 Å². The van der Waals surface area contributed by atoms with Crippen molar-refractivity contribution in [2.45, 2.75) is 6.92 Å². The zero-order valence-corrected chi connectivity index (χ0v) is 17.3. The maximum Gasteiger partial charge on any atom is 0.382 e. The molecule has 0 aliphatic carbocycles. The van der Waals surface area contributed by atoms with Crippen LogP contribution in [0, 0.1) is 5.82 Å². The Kier molecular flexibility index (Phi) is 7.24. The third-order valence-electron chi connectivity index (χ3n) is 4.05. The molecule has 0 unspecified atom stereocenters. The van der Waals surface area contributed by atoms with Gasteiger partial charge >= 0.3 is 11.9 Å². The molecule has 0 spiro atoms. The summed E-state index contributed by atoms with van der Waals surface area (Å²) in [6.45, 7) is 0.523. The smallest absolute Gasteiger partial charge is 0.382 e. The predicted molar refractivity (Wildman–Crippen MR) is 109 cm³/mol. The number of hydrogen-bond donors (Lipinski definition) is 1. The van der Waals surface area contributed by atoms with Crippen LogP contribution in [0.15, 0.2) is 42.6 Å². The second-order valence-corrected chi connectivity index (χ2v) is 6.20. The number of carbonyl (C=O) groups is 2. The number of halogens is 1. The van der Waals surface area contributed by atoms with Crippen LogP contribution in [0.3, 0.4) is 0 Å². The Bertz CT molecular complexity index is 1140. The molecule has 0 aliphatic rings. The second-order valence-electron chi connectivity index (χ2n) is 6.20. The van der Waals surface area contributed by atoms with E-state index >= 15 is 0 Å². The van der Waals surface area contributed by atoms with Gasteiger partial charge in [-0.05, 0) is 24.3 Å². The summed E-state index contributed by atoms with van der Waals surface area (Å²) in [6.07, 6.45) is 1.52. The van der Waals surface area contributed by atoms with Gasteiger partial charge in [0.05, 0.1) is 25.4 Å². The summed E-state index contributed by atoms with van der Waals surface area (Å²) in [7, 11) is 3.02. The Hall–Kier alpha value is -4.12. The number of benzene rings is 2. The maximum atomic E-state index is 14.5. The average Bonchev–Trinajstić information content (AvgIpc) is 2.78. The number of aromatic nitrogens is 1. The van der Waals surface area contributed by atoms with Crippen molar-refractivity contribution in [3.05, 3.63) is 48.4 Å². The number of ether oxygens (including phenoxy) is 4. The van der Waals surface area contributed by atoms with Crippen molar-refractivity contribution in [2.75, 3.05) is 26.3 Å². The zero-order chi connectivity index (χ0) is 23.1. The molecule has 0 amide bonds. The van der Waals surface area contributed by atoms with Crippen LogP contribution in [-0.2, 0) is 24.2 Å². The van der Waals surface area contributed by atoms with Crippen molar-refractivity contribution in [3.63, 3.8) is 0 Å². The highest BCUT2D eigenvalue weighted by atomic mass is 19.1. The highest BCUT2D eigenvalue weighted by Crippen LogP contribution is 2.37. The SMILES string of the molecule is COc1cc2nccc(Oc3ccc(NOOC(=O)COC(C)=O)cc3F)c2cc1OC. The molecule has 3 rings (SSSR count). The molecule has 1 heterocycles. The number of esters is 1. The molecule has 1 aromatic heterocycles. The topological polar surface area (TPSA) is 114 Å². The first-order valence-corrected chi connectivity index (χ1v) is 9.15. The Labute approximate surface area is 181 Å². The lowest BCUT2D eigenvalue weighted by molar-refractivity contribution is -0.258. The van der Waals surface area contributed by atoms with Crippen LogP contribution in [0.5, 0.6) is 23.0 Å². The van der Waals surface area contributed by atoms with E-state index in [2.05, 4.69) is 25.1 Å². The fourth-order valence-corrected chi connectivity index (χ4v) is 2.60. The van der Waals surface area contributed by atoms with Crippen molar-refractivity contribution >= 4 is 28.5 Å². The van der Waals surface area contributed by atoms with Gasteiger partial charge in [-0.25, -0.2) is 14.7 Å². The standard InChI is InChI=1S/C21H19FN2O8/c1-12(25)29-11-21(26)31-32-24-13-4-5-18(15(22)8-13)30-17-6-7-23-16-10-20(28-3)19(27-2)9-14(16)17/h4-10,24H,11H2,1-3H3. The molecule has 0 radical (unpaired) electrons. The van der Waals surface area contributed by atoms with E-state index in [0.717, 1.165) is 13.0 Å². The summed E-state index contributed by atoms with van der Waals surface area (Å²) in [4.78, 5) is 35.0. The van der Waals surface area contributed by atoms with Gasteiger partial charge in [0.2, 0.25) is 0 Å². The van der Waals surface area contributed by atoms with E-state index in [0.29, 0.717) is 28.2 Å². The number of fused-ring (bicyclic) bond motifs is 1. The fraction of sp³-hybridized carbons (Fsp3) is 0.190. The largest absolute Gasteiger partial charge is 0.493 e. The molecule has 168 valence electrons. The first-order valence-electron chi connectivity index (χ1n) is 9.15. The monoisotopic (exact) mass is 446 g/mol. The van der Waals surface area contributed by atoms with Gasteiger partial charge in [-0.15, -0.1) is 0 Å². The molecular weight excluding hydrogens is 427 g/mol. The van der Waals surface area contributed by atoms with Gasteiger partial charge in [-0.1, -0.05) is 4.99 Å². The number of pyridine rings is 1. The minimum Gasteiger partial charge on any atom is -0.493 e. The third kappa shape index (κ3) is 5.52. The van der Waals surface area contributed by atoms with Gasteiger partial charge in [0, 0.05) is 30.6 Å². The van der Waals surface area contributed by atoms with Gasteiger partial charge in [-0.3, -0.25) is 14.7 Å². The second kappa shape index (κ2) is 10.3. The molecular formula is C21H19FN2O8. The van der Waals surface area contributed by atoms with E-state index in [-0.39, 0.29) is 11.4 Å². The fourth-order valence-electron chi connectivity index (χ4n) is 2.60. The normalized spacial score (nSPS) is 10.4. The van der Waals surface area contributed by atoms with E-state index in [4.69, 9.17) is 14.2 Å². The van der Waals surface area contributed by atoms with E-state index in [1.807, 2.05) is 0 Å². The molecule has 0 atom stereocenters. The van der Waals surface area contributed by atoms with Crippen molar-refractivity contribution in [2.24, 2.45) is 0 Å². The maximum absolute atomic E-state index is 14.5. The lowest BCUT2D eigenvalue weighted by atomic mass is 10.2. The van der Waals surface area contributed by atoms with Crippen molar-refractivity contribution in [1.82, 2.24) is 4.98 Å². The summed E-state index contributed by atoms with van der Waals surface area (Å²) < 4.78 is 35.3. The van der Waals surface area contributed by atoms with E-state index in [1.54, 1.807) is 18.2 Å². The number of anilines is 1. The lowest BCUT2D eigenvalue weighted by Crippen LogP contribution is -2.17. The summed E-state index contributed by atoms with van der Waals surface area (Å²) in [5.41, 5.74) is 2.94. The van der Waals surface area contributed by atoms with Gasteiger partial charge in [0.15, 0.2) is 29.7 Å². The Morgan fingerprint density at radius 3 is 2.44 bits per heavy atom. The molecule has 1 N–H and O–H groups in total. The summed E-state index contributed by atoms with van der Waals surface area (Å²) >= 11 is 0. The molecule has 2 aromatic carbocycles. The van der Waals surface area contributed by atoms with Gasteiger partial charge in [0.25, 0.3) is 0 Å². The Morgan fingerprint density at radius 1 is 1.00 bits per heavy atom. The quantitative estimate of drug-likeness (QED) is 0.297. The molecule has 0 aliphatic heterocycles. The molecule has 11 heteroatoms. The third-order valence-corrected chi connectivity index (χ3v) is 4.05. The highest BCUT2D eigenvalue weighted by Gasteiger charge is 2.14. The number of nitrogens with one attached hydrogen (secondary N) is 1. The number of rotatable bonds is 9. The zero-order valence-electron chi connectivity index (χ0n) is 17.3. The average molecular weight is 446 g/mol.